The zero-order valence-corrected chi connectivity index (χ0v) is 10.4. The second kappa shape index (κ2) is 5.05. The van der Waals surface area contributed by atoms with Crippen molar-refractivity contribution in [3.05, 3.63) is 42.0 Å². The molecule has 0 saturated heterocycles. The second-order valence-electron chi connectivity index (χ2n) is 3.56. The summed E-state index contributed by atoms with van der Waals surface area (Å²) in [4.78, 5) is 4.14. The third-order valence-electron chi connectivity index (χ3n) is 2.38. The monoisotopic (exact) mass is 246 g/mol. The molecule has 0 bridgehead atoms. The summed E-state index contributed by atoms with van der Waals surface area (Å²) in [6.07, 6.45) is 3.78. The van der Waals surface area contributed by atoms with Gasteiger partial charge >= 0.3 is 0 Å². The number of anilines is 1. The zero-order valence-electron chi connectivity index (χ0n) is 9.63. The molecule has 1 aromatic carbocycles. The standard InChI is InChI=1S/C12H14N4S/c1-3-9-4-6-10(7-5-9)8-16-12(17-2)14-11(13)15-16/h3-7H,1,8H2,2H3,(H2,13,15). The smallest absolute Gasteiger partial charge is 0.240 e. The Labute approximate surface area is 105 Å². The predicted molar refractivity (Wildman–Crippen MR) is 71.9 cm³/mol. The molecule has 1 aromatic heterocycles. The van der Waals surface area contributed by atoms with Gasteiger partial charge in [-0.3, -0.25) is 0 Å². The molecule has 0 aliphatic rings. The molecule has 0 aliphatic heterocycles. The quantitative estimate of drug-likeness (QED) is 0.841. The fraction of sp³-hybridized carbons (Fsp3) is 0.167. The maximum Gasteiger partial charge on any atom is 0.240 e. The molecule has 2 rings (SSSR count). The van der Waals surface area contributed by atoms with Gasteiger partial charge in [-0.15, -0.1) is 5.10 Å². The van der Waals surface area contributed by atoms with Crippen molar-refractivity contribution in [3.8, 4) is 0 Å². The van der Waals surface area contributed by atoms with Gasteiger partial charge in [0.1, 0.15) is 0 Å². The van der Waals surface area contributed by atoms with Crippen LogP contribution in [-0.4, -0.2) is 21.0 Å². The lowest BCUT2D eigenvalue weighted by Gasteiger charge is -2.04. The molecule has 4 nitrogen and oxygen atoms in total. The van der Waals surface area contributed by atoms with E-state index in [0.717, 1.165) is 16.3 Å². The number of hydrogen-bond donors (Lipinski definition) is 1. The Kier molecular flexibility index (Phi) is 3.49. The van der Waals surface area contributed by atoms with E-state index in [4.69, 9.17) is 5.73 Å². The van der Waals surface area contributed by atoms with Gasteiger partial charge in [0.15, 0.2) is 5.16 Å². The summed E-state index contributed by atoms with van der Waals surface area (Å²) in [5.41, 5.74) is 7.86. The van der Waals surface area contributed by atoms with E-state index in [1.54, 1.807) is 0 Å². The first-order chi connectivity index (χ1) is 8.22. The minimum Gasteiger partial charge on any atom is -0.366 e. The van der Waals surface area contributed by atoms with Crippen LogP contribution in [0, 0.1) is 0 Å². The molecule has 2 aromatic rings. The molecule has 0 amide bonds. The van der Waals surface area contributed by atoms with Crippen LogP contribution < -0.4 is 5.73 Å². The molecule has 0 spiro atoms. The SMILES string of the molecule is C=Cc1ccc(Cn2nc(N)nc2SC)cc1. The number of hydrogen-bond acceptors (Lipinski definition) is 4. The van der Waals surface area contributed by atoms with Gasteiger partial charge in [0.05, 0.1) is 6.54 Å². The van der Waals surface area contributed by atoms with E-state index in [2.05, 4.69) is 28.8 Å². The highest BCUT2D eigenvalue weighted by Crippen LogP contribution is 2.15. The van der Waals surface area contributed by atoms with E-state index < -0.39 is 0 Å². The predicted octanol–water partition coefficient (Wildman–Crippen LogP) is 2.27. The van der Waals surface area contributed by atoms with Crippen molar-refractivity contribution in [2.24, 2.45) is 0 Å². The molecule has 0 saturated carbocycles. The Hall–Kier alpha value is -1.75. The summed E-state index contributed by atoms with van der Waals surface area (Å²) in [6.45, 7) is 4.41. The molecule has 2 N–H and O–H groups in total. The van der Waals surface area contributed by atoms with Gasteiger partial charge in [-0.25, -0.2) is 4.68 Å². The van der Waals surface area contributed by atoms with Gasteiger partial charge in [-0.2, -0.15) is 4.98 Å². The molecule has 0 aliphatic carbocycles. The molecule has 0 atom stereocenters. The highest BCUT2D eigenvalue weighted by atomic mass is 32.2. The van der Waals surface area contributed by atoms with Gasteiger partial charge in [-0.05, 0) is 17.4 Å². The van der Waals surface area contributed by atoms with Crippen LogP contribution in [0.1, 0.15) is 11.1 Å². The molecule has 0 radical (unpaired) electrons. The molecule has 1 heterocycles. The minimum atomic E-state index is 0.317. The summed E-state index contributed by atoms with van der Waals surface area (Å²) in [7, 11) is 0. The van der Waals surface area contributed by atoms with Crippen LogP contribution in [0.15, 0.2) is 36.0 Å². The molecule has 88 valence electrons. The van der Waals surface area contributed by atoms with Crippen LogP contribution in [0.5, 0.6) is 0 Å². The highest BCUT2D eigenvalue weighted by Gasteiger charge is 2.06. The van der Waals surface area contributed by atoms with E-state index in [1.807, 2.05) is 29.1 Å². The highest BCUT2D eigenvalue weighted by molar-refractivity contribution is 7.98. The van der Waals surface area contributed by atoms with Crippen LogP contribution in [0.2, 0.25) is 0 Å². The van der Waals surface area contributed by atoms with E-state index in [0.29, 0.717) is 12.5 Å². The van der Waals surface area contributed by atoms with Crippen molar-refractivity contribution >= 4 is 23.8 Å². The number of thioether (sulfide) groups is 1. The lowest BCUT2D eigenvalue weighted by atomic mass is 10.1. The van der Waals surface area contributed by atoms with Crippen molar-refractivity contribution in [1.82, 2.24) is 14.8 Å². The van der Waals surface area contributed by atoms with Gasteiger partial charge in [0.25, 0.3) is 0 Å². The van der Waals surface area contributed by atoms with Gasteiger partial charge < -0.3 is 5.73 Å². The van der Waals surface area contributed by atoms with Crippen LogP contribution >= 0.6 is 11.8 Å². The summed E-state index contributed by atoms with van der Waals surface area (Å²) in [5, 5.41) is 4.99. The number of nitrogens with two attached hydrogens (primary N) is 1. The van der Waals surface area contributed by atoms with Crippen molar-refractivity contribution in [2.75, 3.05) is 12.0 Å². The van der Waals surface area contributed by atoms with Gasteiger partial charge in [0, 0.05) is 0 Å². The molecule has 5 heteroatoms. The molecular formula is C12H14N4S. The Morgan fingerprint density at radius 1 is 1.41 bits per heavy atom. The normalized spacial score (nSPS) is 10.4. The lowest BCUT2D eigenvalue weighted by Crippen LogP contribution is -2.03. The van der Waals surface area contributed by atoms with Crippen molar-refractivity contribution in [2.45, 2.75) is 11.7 Å². The second-order valence-corrected chi connectivity index (χ2v) is 4.33. The van der Waals surface area contributed by atoms with Crippen molar-refractivity contribution in [3.63, 3.8) is 0 Å². The number of benzene rings is 1. The Morgan fingerprint density at radius 3 is 2.71 bits per heavy atom. The van der Waals surface area contributed by atoms with E-state index >= 15 is 0 Å². The third-order valence-corrected chi connectivity index (χ3v) is 3.05. The molecule has 0 unspecified atom stereocenters. The van der Waals surface area contributed by atoms with E-state index in [9.17, 15) is 0 Å². The fourth-order valence-electron chi connectivity index (χ4n) is 1.53. The summed E-state index contributed by atoms with van der Waals surface area (Å²) >= 11 is 1.54. The summed E-state index contributed by atoms with van der Waals surface area (Å²) in [5.74, 6) is 0.317. The van der Waals surface area contributed by atoms with Crippen LogP contribution in [0.4, 0.5) is 5.95 Å². The number of aromatic nitrogens is 3. The third kappa shape index (κ3) is 2.68. The fourth-order valence-corrected chi connectivity index (χ4v) is 2.03. The lowest BCUT2D eigenvalue weighted by molar-refractivity contribution is 0.620. The summed E-state index contributed by atoms with van der Waals surface area (Å²) < 4.78 is 1.81. The zero-order chi connectivity index (χ0) is 12.3. The first kappa shape index (κ1) is 11.7. The van der Waals surface area contributed by atoms with Gasteiger partial charge in [-0.1, -0.05) is 48.7 Å². The Bertz CT molecular complexity index is 516. The minimum absolute atomic E-state index is 0.317. The maximum absolute atomic E-state index is 5.58. The van der Waals surface area contributed by atoms with E-state index in [-0.39, 0.29) is 0 Å². The van der Waals surface area contributed by atoms with Gasteiger partial charge in [0.2, 0.25) is 5.95 Å². The first-order valence-electron chi connectivity index (χ1n) is 5.18. The van der Waals surface area contributed by atoms with Crippen LogP contribution in [-0.2, 0) is 6.54 Å². The largest absolute Gasteiger partial charge is 0.366 e. The Morgan fingerprint density at radius 2 is 2.12 bits per heavy atom. The average Bonchev–Trinajstić information content (AvgIpc) is 2.70. The number of rotatable bonds is 4. The number of nitrogens with zero attached hydrogens (tertiary/aromatic N) is 3. The topological polar surface area (TPSA) is 56.7 Å². The maximum atomic E-state index is 5.58. The average molecular weight is 246 g/mol. The van der Waals surface area contributed by atoms with Crippen molar-refractivity contribution < 1.29 is 0 Å². The van der Waals surface area contributed by atoms with Crippen LogP contribution in [0.25, 0.3) is 6.08 Å². The first-order valence-corrected chi connectivity index (χ1v) is 6.41. The molecule has 17 heavy (non-hydrogen) atoms. The summed E-state index contributed by atoms with van der Waals surface area (Å²) in [6, 6.07) is 8.17. The molecular weight excluding hydrogens is 232 g/mol. The Balaban J connectivity index is 2.21. The van der Waals surface area contributed by atoms with Crippen LogP contribution in [0.3, 0.4) is 0 Å². The number of nitrogen functional groups attached to an aromatic ring is 1. The van der Waals surface area contributed by atoms with Crippen molar-refractivity contribution in [1.29, 1.82) is 0 Å². The van der Waals surface area contributed by atoms with E-state index in [1.165, 1.54) is 11.8 Å². The molecule has 0 fully saturated rings.